The average Bonchev–Trinajstić information content (AvgIpc) is 2.62. The van der Waals surface area contributed by atoms with Crippen molar-refractivity contribution in [1.82, 2.24) is 14.2 Å². The number of sulfonamides is 1. The lowest BCUT2D eigenvalue weighted by Crippen LogP contribution is -2.56. The third-order valence-corrected chi connectivity index (χ3v) is 9.23. The molecule has 0 spiro atoms. The SMILES string of the molecule is C[C@H](NC(=O)Cn1cc(S(=O)(=O)N(C)C)ccc1=O)C12CC3CC(CC(C3)C1)C2. The van der Waals surface area contributed by atoms with Gasteiger partial charge in [-0.05, 0) is 74.7 Å². The number of hydrogen-bond acceptors (Lipinski definition) is 4. The fourth-order valence-electron chi connectivity index (χ4n) is 6.30. The van der Waals surface area contributed by atoms with Crippen LogP contribution in [-0.4, -0.2) is 43.3 Å². The molecule has 0 saturated heterocycles. The monoisotopic (exact) mass is 421 g/mol. The number of pyridine rings is 1. The second kappa shape index (κ2) is 7.23. The molecule has 1 N–H and O–H groups in total. The molecule has 1 amide bonds. The molecule has 29 heavy (non-hydrogen) atoms. The molecule has 7 nitrogen and oxygen atoms in total. The third kappa shape index (κ3) is 3.77. The van der Waals surface area contributed by atoms with E-state index in [1.807, 2.05) is 0 Å². The highest BCUT2D eigenvalue weighted by Gasteiger charge is 2.53. The van der Waals surface area contributed by atoms with Gasteiger partial charge < -0.3 is 9.88 Å². The Morgan fingerprint density at radius 3 is 2.24 bits per heavy atom. The fraction of sp³-hybridized carbons (Fsp3) is 0.714. The van der Waals surface area contributed by atoms with Gasteiger partial charge in [-0.2, -0.15) is 0 Å². The van der Waals surface area contributed by atoms with Crippen LogP contribution in [0.1, 0.15) is 45.4 Å². The molecule has 1 atom stereocenters. The van der Waals surface area contributed by atoms with Gasteiger partial charge in [-0.25, -0.2) is 12.7 Å². The summed E-state index contributed by atoms with van der Waals surface area (Å²) in [7, 11) is -0.794. The number of carbonyl (C=O) groups is 1. The molecule has 1 aromatic heterocycles. The van der Waals surface area contributed by atoms with Crippen LogP contribution < -0.4 is 10.9 Å². The summed E-state index contributed by atoms with van der Waals surface area (Å²) in [6.45, 7) is 1.92. The van der Waals surface area contributed by atoms with E-state index in [-0.39, 0.29) is 34.4 Å². The van der Waals surface area contributed by atoms with Crippen LogP contribution in [0.25, 0.3) is 0 Å². The van der Waals surface area contributed by atoms with Gasteiger partial charge in [0, 0.05) is 32.4 Å². The van der Waals surface area contributed by atoms with E-state index < -0.39 is 10.0 Å². The van der Waals surface area contributed by atoms with Crippen molar-refractivity contribution in [3.8, 4) is 0 Å². The highest BCUT2D eigenvalue weighted by molar-refractivity contribution is 7.89. The molecular weight excluding hydrogens is 390 g/mol. The van der Waals surface area contributed by atoms with Crippen LogP contribution in [0.15, 0.2) is 28.0 Å². The van der Waals surface area contributed by atoms with Gasteiger partial charge in [-0.15, -0.1) is 0 Å². The molecule has 4 saturated carbocycles. The molecule has 4 fully saturated rings. The highest BCUT2D eigenvalue weighted by atomic mass is 32.2. The van der Waals surface area contributed by atoms with Gasteiger partial charge in [0.2, 0.25) is 15.9 Å². The van der Waals surface area contributed by atoms with Crippen LogP contribution in [0.2, 0.25) is 0 Å². The van der Waals surface area contributed by atoms with E-state index in [1.165, 1.54) is 75.5 Å². The first-order chi connectivity index (χ1) is 13.6. The first-order valence-electron chi connectivity index (χ1n) is 10.5. The Labute approximate surface area is 172 Å². The van der Waals surface area contributed by atoms with Crippen molar-refractivity contribution in [1.29, 1.82) is 0 Å². The maximum Gasteiger partial charge on any atom is 0.251 e. The zero-order chi connectivity index (χ0) is 21.0. The number of nitrogens with one attached hydrogen (secondary N) is 1. The zero-order valence-corrected chi connectivity index (χ0v) is 18.2. The molecule has 8 heteroatoms. The van der Waals surface area contributed by atoms with E-state index in [0.717, 1.165) is 22.1 Å². The molecule has 0 radical (unpaired) electrons. The van der Waals surface area contributed by atoms with Gasteiger partial charge in [0.1, 0.15) is 6.54 Å². The minimum absolute atomic E-state index is 0.00373. The Morgan fingerprint density at radius 1 is 1.17 bits per heavy atom. The highest BCUT2D eigenvalue weighted by Crippen LogP contribution is 2.61. The van der Waals surface area contributed by atoms with E-state index in [0.29, 0.717) is 0 Å². The number of aromatic nitrogens is 1. The second-order valence-electron chi connectivity index (χ2n) is 9.69. The molecule has 0 unspecified atom stereocenters. The smallest absolute Gasteiger partial charge is 0.251 e. The molecule has 1 aromatic rings. The molecule has 4 aliphatic carbocycles. The molecule has 0 aliphatic heterocycles. The summed E-state index contributed by atoms with van der Waals surface area (Å²) in [6.07, 6.45) is 8.88. The Hall–Kier alpha value is -1.67. The quantitative estimate of drug-likeness (QED) is 0.759. The molecule has 4 aliphatic rings. The van der Waals surface area contributed by atoms with Crippen LogP contribution in [0, 0.1) is 23.2 Å². The number of carbonyl (C=O) groups excluding carboxylic acids is 1. The van der Waals surface area contributed by atoms with Crippen LogP contribution in [0.3, 0.4) is 0 Å². The zero-order valence-electron chi connectivity index (χ0n) is 17.4. The summed E-state index contributed by atoms with van der Waals surface area (Å²) in [5.74, 6) is 2.16. The van der Waals surface area contributed by atoms with Crippen molar-refractivity contribution in [3.05, 3.63) is 28.7 Å². The first-order valence-corrected chi connectivity index (χ1v) is 12.0. The largest absolute Gasteiger partial charge is 0.352 e. The second-order valence-corrected chi connectivity index (χ2v) is 11.8. The predicted molar refractivity (Wildman–Crippen MR) is 110 cm³/mol. The Bertz CT molecular complexity index is 931. The molecule has 5 rings (SSSR count). The van der Waals surface area contributed by atoms with Gasteiger partial charge in [0.25, 0.3) is 5.56 Å². The van der Waals surface area contributed by atoms with E-state index in [1.54, 1.807) is 0 Å². The minimum Gasteiger partial charge on any atom is -0.352 e. The summed E-state index contributed by atoms with van der Waals surface area (Å²) >= 11 is 0. The third-order valence-electron chi connectivity index (χ3n) is 7.43. The summed E-state index contributed by atoms with van der Waals surface area (Å²) in [5.41, 5.74) is -0.203. The van der Waals surface area contributed by atoms with Crippen LogP contribution in [-0.2, 0) is 21.4 Å². The number of nitrogens with zero attached hydrogens (tertiary/aromatic N) is 2. The average molecular weight is 422 g/mol. The predicted octanol–water partition coefficient (Wildman–Crippen LogP) is 1.82. The van der Waals surface area contributed by atoms with E-state index >= 15 is 0 Å². The fourth-order valence-corrected chi connectivity index (χ4v) is 7.22. The van der Waals surface area contributed by atoms with E-state index in [2.05, 4.69) is 12.2 Å². The number of rotatable bonds is 6. The topological polar surface area (TPSA) is 88.5 Å². The lowest BCUT2D eigenvalue weighted by atomic mass is 9.48. The standard InChI is InChI=1S/C21H31N3O4S/c1-14(21-9-15-6-16(10-21)8-17(7-15)11-21)22-19(25)13-24-12-18(4-5-20(24)26)29(27,28)23(2)3/h4-5,12,14-17H,6-11,13H2,1-3H3,(H,22,25)/t14-,15?,16?,17?,21?/m0/s1. The van der Waals surface area contributed by atoms with Crippen LogP contribution >= 0.6 is 0 Å². The molecular formula is C21H31N3O4S. The van der Waals surface area contributed by atoms with Gasteiger partial charge in [0.15, 0.2) is 0 Å². The Morgan fingerprint density at radius 2 is 1.72 bits per heavy atom. The molecule has 0 aromatic carbocycles. The van der Waals surface area contributed by atoms with Crippen molar-refractivity contribution < 1.29 is 13.2 Å². The van der Waals surface area contributed by atoms with Gasteiger partial charge in [-0.3, -0.25) is 9.59 Å². The van der Waals surface area contributed by atoms with Crippen LogP contribution in [0.4, 0.5) is 0 Å². The number of hydrogen-bond donors (Lipinski definition) is 1. The lowest BCUT2D eigenvalue weighted by molar-refractivity contribution is -0.126. The van der Waals surface area contributed by atoms with Gasteiger partial charge in [-0.1, -0.05) is 0 Å². The number of amides is 1. The molecule has 4 bridgehead atoms. The van der Waals surface area contributed by atoms with Crippen molar-refractivity contribution in [3.63, 3.8) is 0 Å². The summed E-state index contributed by atoms with van der Waals surface area (Å²) in [6, 6.07) is 2.55. The van der Waals surface area contributed by atoms with Crippen molar-refractivity contribution in [2.45, 2.75) is 62.9 Å². The Kier molecular flexibility index (Phi) is 5.14. The van der Waals surface area contributed by atoms with Crippen molar-refractivity contribution in [2.75, 3.05) is 14.1 Å². The summed E-state index contributed by atoms with van der Waals surface area (Å²) < 4.78 is 26.9. The van der Waals surface area contributed by atoms with Crippen molar-refractivity contribution in [2.24, 2.45) is 23.2 Å². The normalized spacial score (nSPS) is 31.8. The van der Waals surface area contributed by atoms with E-state index in [9.17, 15) is 18.0 Å². The molecule has 160 valence electrons. The Balaban J connectivity index is 1.47. The van der Waals surface area contributed by atoms with E-state index in [4.69, 9.17) is 0 Å². The first kappa shape index (κ1) is 20.6. The maximum absolute atomic E-state index is 12.7. The summed E-state index contributed by atoms with van der Waals surface area (Å²) in [4.78, 5) is 24.9. The lowest BCUT2D eigenvalue weighted by Gasteiger charge is -2.59. The summed E-state index contributed by atoms with van der Waals surface area (Å²) in [5, 5.41) is 3.14. The molecule has 1 heterocycles. The maximum atomic E-state index is 12.7. The minimum atomic E-state index is -3.66. The van der Waals surface area contributed by atoms with Gasteiger partial charge in [0.05, 0.1) is 4.90 Å². The van der Waals surface area contributed by atoms with Gasteiger partial charge >= 0.3 is 0 Å². The van der Waals surface area contributed by atoms with Crippen LogP contribution in [0.5, 0.6) is 0 Å². The van der Waals surface area contributed by atoms with Crippen molar-refractivity contribution >= 4 is 15.9 Å².